The molecule has 0 spiro atoms. The zero-order chi connectivity index (χ0) is 21.8. The highest BCUT2D eigenvalue weighted by Crippen LogP contribution is 2.48. The zero-order valence-corrected chi connectivity index (χ0v) is 17.3. The number of hydrogen-bond donors (Lipinski definition) is 0. The van der Waals surface area contributed by atoms with E-state index in [0.29, 0.717) is 12.3 Å². The van der Waals surface area contributed by atoms with Crippen molar-refractivity contribution in [2.24, 2.45) is 11.8 Å². The molecule has 0 bridgehead atoms. The first-order valence-electron chi connectivity index (χ1n) is 10.4. The largest absolute Gasteiger partial charge is 0.493 e. The van der Waals surface area contributed by atoms with Crippen LogP contribution in [0.4, 0.5) is 26.3 Å². The van der Waals surface area contributed by atoms with Crippen LogP contribution in [0.3, 0.4) is 0 Å². The molecule has 0 atom stereocenters. The van der Waals surface area contributed by atoms with Gasteiger partial charge in [0.2, 0.25) is 0 Å². The summed E-state index contributed by atoms with van der Waals surface area (Å²) in [5.41, 5.74) is -3.32. The predicted octanol–water partition coefficient (Wildman–Crippen LogP) is 7.97. The fourth-order valence-corrected chi connectivity index (χ4v) is 4.58. The van der Waals surface area contributed by atoms with Gasteiger partial charge < -0.3 is 4.74 Å². The Bertz CT molecular complexity index is 669. The average Bonchev–Trinajstić information content (AvgIpc) is 2.60. The van der Waals surface area contributed by atoms with Crippen LogP contribution in [0.15, 0.2) is 6.07 Å². The van der Waals surface area contributed by atoms with Crippen molar-refractivity contribution in [3.05, 3.63) is 28.3 Å². The highest BCUT2D eigenvalue weighted by molar-refractivity contribution is 5.52. The van der Waals surface area contributed by atoms with Gasteiger partial charge in [0.15, 0.2) is 0 Å². The van der Waals surface area contributed by atoms with Crippen molar-refractivity contribution in [3.8, 4) is 5.75 Å². The van der Waals surface area contributed by atoms with Crippen LogP contribution in [0.2, 0.25) is 0 Å². The number of hydrogen-bond acceptors (Lipinski definition) is 1. The molecule has 29 heavy (non-hydrogen) atoms. The van der Waals surface area contributed by atoms with Crippen molar-refractivity contribution in [1.82, 2.24) is 0 Å². The summed E-state index contributed by atoms with van der Waals surface area (Å²) in [7, 11) is 0. The molecule has 0 heterocycles. The van der Waals surface area contributed by atoms with Crippen LogP contribution in [0.5, 0.6) is 5.75 Å². The fourth-order valence-electron chi connectivity index (χ4n) is 4.58. The predicted molar refractivity (Wildman–Crippen MR) is 101 cm³/mol. The molecule has 0 saturated heterocycles. The first-order valence-corrected chi connectivity index (χ1v) is 10.4. The van der Waals surface area contributed by atoms with Gasteiger partial charge in [-0.3, -0.25) is 0 Å². The van der Waals surface area contributed by atoms with Crippen molar-refractivity contribution in [3.63, 3.8) is 0 Å². The van der Waals surface area contributed by atoms with Crippen molar-refractivity contribution in [1.29, 1.82) is 0 Å². The monoisotopic (exact) mass is 424 g/mol. The standard InChI is InChI=1S/C22H30F6O/c1-4-6-15-7-9-16(10-8-15)11-12-17-14(3)13-18(29-5-2)20(22(26,27)28)19(17)21(23,24)25/h13,15-16H,4-12H2,1-3H3. The lowest BCUT2D eigenvalue weighted by atomic mass is 9.77. The van der Waals surface area contributed by atoms with E-state index in [1.54, 1.807) is 0 Å². The highest BCUT2D eigenvalue weighted by Gasteiger charge is 2.47. The topological polar surface area (TPSA) is 9.23 Å². The molecule has 7 heteroatoms. The van der Waals surface area contributed by atoms with Crippen LogP contribution < -0.4 is 4.74 Å². The van der Waals surface area contributed by atoms with Gasteiger partial charge in [-0.25, -0.2) is 0 Å². The number of halogens is 6. The van der Waals surface area contributed by atoms with Gasteiger partial charge in [-0.15, -0.1) is 0 Å². The lowest BCUT2D eigenvalue weighted by Crippen LogP contribution is -2.22. The van der Waals surface area contributed by atoms with Gasteiger partial charge in [0, 0.05) is 0 Å². The van der Waals surface area contributed by atoms with Crippen molar-refractivity contribution in [2.75, 3.05) is 6.61 Å². The molecule has 0 amide bonds. The maximum atomic E-state index is 13.8. The Morgan fingerprint density at radius 2 is 1.38 bits per heavy atom. The molecule has 0 radical (unpaired) electrons. The van der Waals surface area contributed by atoms with Gasteiger partial charge in [0.05, 0.1) is 12.2 Å². The Kier molecular flexibility index (Phi) is 7.91. The van der Waals surface area contributed by atoms with Gasteiger partial charge in [-0.05, 0) is 55.7 Å². The number of ether oxygens (including phenoxy) is 1. The van der Waals surface area contributed by atoms with Crippen molar-refractivity contribution >= 4 is 0 Å². The second-order valence-corrected chi connectivity index (χ2v) is 8.06. The molecule has 1 fully saturated rings. The van der Waals surface area contributed by atoms with Crippen LogP contribution in [-0.4, -0.2) is 6.61 Å². The lowest BCUT2D eigenvalue weighted by molar-refractivity contribution is -0.163. The maximum absolute atomic E-state index is 13.8. The molecule has 1 aromatic rings. The van der Waals surface area contributed by atoms with Crippen LogP contribution in [0.25, 0.3) is 0 Å². The third-order valence-electron chi connectivity index (χ3n) is 5.95. The SMILES string of the molecule is CCCC1CCC(CCc2c(C)cc(OCC)c(C(F)(F)F)c2C(F)(F)F)CC1. The van der Waals surface area contributed by atoms with Crippen molar-refractivity contribution < 1.29 is 31.1 Å². The van der Waals surface area contributed by atoms with Gasteiger partial charge in [0.1, 0.15) is 11.3 Å². The van der Waals surface area contributed by atoms with Crippen LogP contribution in [0.1, 0.15) is 81.0 Å². The summed E-state index contributed by atoms with van der Waals surface area (Å²) in [6.45, 7) is 4.88. The summed E-state index contributed by atoms with van der Waals surface area (Å²) < 4.78 is 87.1. The summed E-state index contributed by atoms with van der Waals surface area (Å²) in [6, 6.07) is 1.11. The fraction of sp³-hybridized carbons (Fsp3) is 0.727. The van der Waals surface area contributed by atoms with Crippen LogP contribution in [0, 0.1) is 18.8 Å². The van der Waals surface area contributed by atoms with Crippen LogP contribution in [-0.2, 0) is 18.8 Å². The van der Waals surface area contributed by atoms with Gasteiger partial charge in [0.25, 0.3) is 0 Å². The summed E-state index contributed by atoms with van der Waals surface area (Å²) >= 11 is 0. The Morgan fingerprint density at radius 3 is 1.83 bits per heavy atom. The highest BCUT2D eigenvalue weighted by atomic mass is 19.4. The number of rotatable bonds is 7. The summed E-state index contributed by atoms with van der Waals surface area (Å²) in [5, 5.41) is 0. The normalized spacial score (nSPS) is 20.7. The minimum absolute atomic E-state index is 0.000721. The maximum Gasteiger partial charge on any atom is 0.420 e. The summed E-state index contributed by atoms with van der Waals surface area (Å²) in [4.78, 5) is 0. The smallest absolute Gasteiger partial charge is 0.420 e. The first kappa shape index (κ1) is 23.9. The molecule has 1 saturated carbocycles. The lowest BCUT2D eigenvalue weighted by Gasteiger charge is -2.29. The van der Waals surface area contributed by atoms with E-state index in [4.69, 9.17) is 4.74 Å². The number of aryl methyl sites for hydroxylation is 1. The second kappa shape index (κ2) is 9.61. The van der Waals surface area contributed by atoms with E-state index in [1.165, 1.54) is 13.8 Å². The molecule has 0 unspecified atom stereocenters. The molecule has 0 aromatic heterocycles. The van der Waals surface area contributed by atoms with Gasteiger partial charge >= 0.3 is 12.4 Å². The Hall–Kier alpha value is -1.40. The Labute approximate surface area is 168 Å². The van der Waals surface area contributed by atoms with Gasteiger partial charge in [-0.2, -0.15) is 26.3 Å². The van der Waals surface area contributed by atoms with Crippen molar-refractivity contribution in [2.45, 2.75) is 84.5 Å². The minimum atomic E-state index is -5.14. The zero-order valence-electron chi connectivity index (χ0n) is 17.3. The Morgan fingerprint density at radius 1 is 0.862 bits per heavy atom. The molecule has 1 aliphatic carbocycles. The van der Waals surface area contributed by atoms with E-state index < -0.39 is 29.2 Å². The quantitative estimate of drug-likeness (QED) is 0.403. The van der Waals surface area contributed by atoms with Crippen LogP contribution >= 0.6 is 0 Å². The van der Waals surface area contributed by atoms with E-state index in [2.05, 4.69) is 6.92 Å². The Balaban J connectivity index is 2.34. The van der Waals surface area contributed by atoms with E-state index in [-0.39, 0.29) is 30.1 Å². The molecular formula is C22H30F6O. The molecule has 0 aliphatic heterocycles. The first-order chi connectivity index (χ1) is 13.5. The third-order valence-corrected chi connectivity index (χ3v) is 5.95. The molecule has 1 nitrogen and oxygen atoms in total. The average molecular weight is 424 g/mol. The second-order valence-electron chi connectivity index (χ2n) is 8.06. The molecule has 0 N–H and O–H groups in total. The molecule has 1 aromatic carbocycles. The summed E-state index contributed by atoms with van der Waals surface area (Å²) in [5.74, 6) is 0.198. The molecule has 2 rings (SSSR count). The summed E-state index contributed by atoms with van der Waals surface area (Å²) in [6.07, 6.45) is -3.49. The molecule has 1 aliphatic rings. The minimum Gasteiger partial charge on any atom is -0.493 e. The van der Waals surface area contributed by atoms with E-state index >= 15 is 0 Å². The number of benzene rings is 1. The van der Waals surface area contributed by atoms with Gasteiger partial charge in [-0.1, -0.05) is 45.4 Å². The third kappa shape index (κ3) is 6.05. The molecular weight excluding hydrogens is 394 g/mol. The van der Waals surface area contributed by atoms with E-state index in [1.807, 2.05) is 0 Å². The molecule has 166 valence electrons. The number of alkyl halides is 6. The van der Waals surface area contributed by atoms with E-state index in [0.717, 1.165) is 44.6 Å². The van der Waals surface area contributed by atoms with E-state index in [9.17, 15) is 26.3 Å².